The van der Waals surface area contributed by atoms with Crippen molar-refractivity contribution in [3.05, 3.63) is 48.0 Å². The van der Waals surface area contributed by atoms with Gasteiger partial charge < -0.3 is 10.6 Å². The van der Waals surface area contributed by atoms with E-state index < -0.39 is 17.9 Å². The molecule has 0 radical (unpaired) electrons. The molecule has 1 aliphatic heterocycles. The zero-order valence-corrected chi connectivity index (χ0v) is 11.9. The normalized spacial score (nSPS) is 21.4. The number of primary amides is 1. The predicted octanol–water partition coefficient (Wildman–Crippen LogP) is 1.02. The molecule has 1 aromatic heterocycles. The third-order valence-corrected chi connectivity index (χ3v) is 3.99. The maximum absolute atomic E-state index is 13.0. The standard InChI is InChI=1S/C15H15FN4O2/c1-19-13(21)6-12(15(17)22)14(19)9-7-18-20(8-9)11-4-2-10(16)3-5-11/h2-5,7-8,12,14H,6H2,1H3,(H2,17,22)/t12-,14+/m0/s1. The van der Waals surface area contributed by atoms with Gasteiger partial charge in [-0.05, 0) is 24.3 Å². The summed E-state index contributed by atoms with van der Waals surface area (Å²) in [6.07, 6.45) is 3.43. The van der Waals surface area contributed by atoms with Crippen molar-refractivity contribution in [2.24, 2.45) is 11.7 Å². The van der Waals surface area contributed by atoms with Gasteiger partial charge in [-0.25, -0.2) is 9.07 Å². The van der Waals surface area contributed by atoms with E-state index in [1.54, 1.807) is 36.3 Å². The van der Waals surface area contributed by atoms with Crippen LogP contribution in [0.2, 0.25) is 0 Å². The highest BCUT2D eigenvalue weighted by atomic mass is 19.1. The number of amides is 2. The van der Waals surface area contributed by atoms with Gasteiger partial charge in [-0.15, -0.1) is 0 Å². The van der Waals surface area contributed by atoms with Crippen LogP contribution in [0.1, 0.15) is 18.0 Å². The highest BCUT2D eigenvalue weighted by Gasteiger charge is 2.42. The first-order chi connectivity index (χ1) is 10.5. The largest absolute Gasteiger partial charge is 0.369 e. The van der Waals surface area contributed by atoms with E-state index in [0.717, 1.165) is 5.56 Å². The molecule has 2 aromatic rings. The Bertz CT molecular complexity index is 725. The fraction of sp³-hybridized carbons (Fsp3) is 0.267. The number of nitrogens with two attached hydrogens (primary N) is 1. The van der Waals surface area contributed by atoms with Gasteiger partial charge in [0.05, 0.1) is 23.8 Å². The van der Waals surface area contributed by atoms with Gasteiger partial charge in [0.15, 0.2) is 0 Å². The highest BCUT2D eigenvalue weighted by molar-refractivity contribution is 5.89. The number of nitrogens with zero attached hydrogens (tertiary/aromatic N) is 3. The summed E-state index contributed by atoms with van der Waals surface area (Å²) < 4.78 is 14.5. The van der Waals surface area contributed by atoms with Gasteiger partial charge >= 0.3 is 0 Å². The molecule has 1 aromatic carbocycles. The van der Waals surface area contributed by atoms with E-state index >= 15 is 0 Å². The van der Waals surface area contributed by atoms with Crippen LogP contribution in [0.3, 0.4) is 0 Å². The maximum atomic E-state index is 13.0. The van der Waals surface area contributed by atoms with Gasteiger partial charge in [-0.3, -0.25) is 9.59 Å². The minimum atomic E-state index is -0.566. The summed E-state index contributed by atoms with van der Waals surface area (Å²) in [4.78, 5) is 24.9. The molecule has 3 rings (SSSR count). The molecule has 114 valence electrons. The molecule has 0 saturated carbocycles. The third-order valence-electron chi connectivity index (χ3n) is 3.99. The lowest BCUT2D eigenvalue weighted by atomic mass is 9.95. The fourth-order valence-corrected chi connectivity index (χ4v) is 2.81. The molecule has 2 atom stereocenters. The highest BCUT2D eigenvalue weighted by Crippen LogP contribution is 2.36. The fourth-order valence-electron chi connectivity index (χ4n) is 2.81. The Morgan fingerprint density at radius 3 is 2.68 bits per heavy atom. The molecule has 0 unspecified atom stereocenters. The number of hydrogen-bond donors (Lipinski definition) is 1. The average Bonchev–Trinajstić information content (AvgIpc) is 3.06. The summed E-state index contributed by atoms with van der Waals surface area (Å²) in [6.45, 7) is 0. The third kappa shape index (κ3) is 2.34. The van der Waals surface area contributed by atoms with E-state index in [2.05, 4.69) is 5.10 Å². The summed E-state index contributed by atoms with van der Waals surface area (Å²) in [5.41, 5.74) is 6.81. The van der Waals surface area contributed by atoms with Crippen molar-refractivity contribution >= 4 is 11.8 Å². The predicted molar refractivity (Wildman–Crippen MR) is 76.3 cm³/mol. The number of halogens is 1. The van der Waals surface area contributed by atoms with Crippen LogP contribution < -0.4 is 5.73 Å². The summed E-state index contributed by atoms with van der Waals surface area (Å²) in [5, 5.41) is 4.22. The monoisotopic (exact) mass is 302 g/mol. The number of aromatic nitrogens is 2. The molecule has 2 N–H and O–H groups in total. The molecule has 0 spiro atoms. The number of carbonyl (C=O) groups is 2. The van der Waals surface area contributed by atoms with Crippen LogP contribution in [0.5, 0.6) is 0 Å². The smallest absolute Gasteiger partial charge is 0.223 e. The average molecular weight is 302 g/mol. The zero-order chi connectivity index (χ0) is 15.9. The van der Waals surface area contributed by atoms with Crippen molar-refractivity contribution < 1.29 is 14.0 Å². The molecule has 7 heteroatoms. The van der Waals surface area contributed by atoms with E-state index in [1.165, 1.54) is 17.0 Å². The molecule has 0 bridgehead atoms. The second-order valence-electron chi connectivity index (χ2n) is 5.36. The van der Waals surface area contributed by atoms with Crippen molar-refractivity contribution in [2.45, 2.75) is 12.5 Å². The van der Waals surface area contributed by atoms with Gasteiger partial charge in [0.2, 0.25) is 11.8 Å². The summed E-state index contributed by atoms with van der Waals surface area (Å²) in [6, 6.07) is 5.46. The first-order valence-electron chi connectivity index (χ1n) is 6.83. The van der Waals surface area contributed by atoms with E-state index in [1.807, 2.05) is 0 Å². The molecule has 0 aliphatic carbocycles. The van der Waals surface area contributed by atoms with Crippen molar-refractivity contribution in [3.63, 3.8) is 0 Å². The van der Waals surface area contributed by atoms with Gasteiger partial charge in [0.25, 0.3) is 0 Å². The maximum Gasteiger partial charge on any atom is 0.223 e. The van der Waals surface area contributed by atoms with Gasteiger partial charge in [-0.2, -0.15) is 5.10 Å². The summed E-state index contributed by atoms with van der Waals surface area (Å²) >= 11 is 0. The molecule has 2 heterocycles. The molecule has 22 heavy (non-hydrogen) atoms. The molecular weight excluding hydrogens is 287 g/mol. The lowest BCUT2D eigenvalue weighted by Crippen LogP contribution is -2.30. The van der Waals surface area contributed by atoms with Crippen molar-refractivity contribution in [3.8, 4) is 5.69 Å². The van der Waals surface area contributed by atoms with Crippen molar-refractivity contribution in [1.82, 2.24) is 14.7 Å². The second kappa shape index (κ2) is 5.25. The number of benzene rings is 1. The van der Waals surface area contributed by atoms with E-state index in [4.69, 9.17) is 5.73 Å². The summed E-state index contributed by atoms with van der Waals surface area (Å²) in [5.74, 6) is -1.52. The summed E-state index contributed by atoms with van der Waals surface area (Å²) in [7, 11) is 1.64. The topological polar surface area (TPSA) is 81.2 Å². The van der Waals surface area contributed by atoms with E-state index in [0.29, 0.717) is 5.69 Å². The molecule has 1 fully saturated rings. The number of hydrogen-bond acceptors (Lipinski definition) is 3. The number of rotatable bonds is 3. The lowest BCUT2D eigenvalue weighted by Gasteiger charge is -2.21. The van der Waals surface area contributed by atoms with Crippen LogP contribution >= 0.6 is 0 Å². The number of carbonyl (C=O) groups excluding carboxylic acids is 2. The molecule has 2 amide bonds. The second-order valence-corrected chi connectivity index (χ2v) is 5.36. The Morgan fingerprint density at radius 2 is 2.05 bits per heavy atom. The van der Waals surface area contributed by atoms with Crippen LogP contribution in [0.25, 0.3) is 5.69 Å². The first-order valence-corrected chi connectivity index (χ1v) is 6.83. The molecular formula is C15H15FN4O2. The lowest BCUT2D eigenvalue weighted by molar-refractivity contribution is -0.128. The van der Waals surface area contributed by atoms with Crippen LogP contribution in [0.4, 0.5) is 4.39 Å². The quantitative estimate of drug-likeness (QED) is 0.919. The Labute approximate surface area is 126 Å². The van der Waals surface area contributed by atoms with Gasteiger partial charge in [0.1, 0.15) is 5.82 Å². The van der Waals surface area contributed by atoms with Crippen LogP contribution in [-0.2, 0) is 9.59 Å². The van der Waals surface area contributed by atoms with Gasteiger partial charge in [0, 0.05) is 25.2 Å². The molecule has 1 aliphatic rings. The first kappa shape index (κ1) is 14.2. The molecule has 6 nitrogen and oxygen atoms in total. The van der Waals surface area contributed by atoms with Crippen molar-refractivity contribution in [1.29, 1.82) is 0 Å². The zero-order valence-electron chi connectivity index (χ0n) is 11.9. The Kier molecular flexibility index (Phi) is 3.40. The number of likely N-dealkylation sites (tertiary alicyclic amines) is 1. The van der Waals surface area contributed by atoms with Crippen LogP contribution in [-0.4, -0.2) is 33.5 Å². The minimum absolute atomic E-state index is 0.109. The Hall–Kier alpha value is -2.70. The van der Waals surface area contributed by atoms with Gasteiger partial charge in [-0.1, -0.05) is 0 Å². The minimum Gasteiger partial charge on any atom is -0.369 e. The van der Waals surface area contributed by atoms with Crippen LogP contribution in [0, 0.1) is 11.7 Å². The van der Waals surface area contributed by atoms with Crippen molar-refractivity contribution in [2.75, 3.05) is 7.05 Å². The van der Waals surface area contributed by atoms with E-state index in [-0.39, 0.29) is 18.1 Å². The van der Waals surface area contributed by atoms with Crippen LogP contribution in [0.15, 0.2) is 36.7 Å². The molecule has 1 saturated heterocycles. The SMILES string of the molecule is CN1C(=O)C[C@H](C(N)=O)[C@H]1c1cnn(-c2ccc(F)cc2)c1. The Balaban J connectivity index is 1.94. The van der Waals surface area contributed by atoms with E-state index in [9.17, 15) is 14.0 Å². The Morgan fingerprint density at radius 1 is 1.36 bits per heavy atom.